The highest BCUT2D eigenvalue weighted by molar-refractivity contribution is 5.73. The third kappa shape index (κ3) is 4.87. The summed E-state index contributed by atoms with van der Waals surface area (Å²) < 4.78 is 11.0. The smallest absolute Gasteiger partial charge is 0.410 e. The van der Waals surface area contributed by atoms with E-state index >= 15 is 0 Å². The van der Waals surface area contributed by atoms with Crippen LogP contribution in [0.5, 0.6) is 0 Å². The summed E-state index contributed by atoms with van der Waals surface area (Å²) in [5.41, 5.74) is 0. The Labute approximate surface area is 146 Å². The number of piperidine rings is 1. The monoisotopic (exact) mass is 339 g/mol. The first-order valence-electron chi connectivity index (χ1n) is 9.54. The van der Waals surface area contributed by atoms with Gasteiger partial charge in [-0.2, -0.15) is 0 Å². The molecule has 0 N–H and O–H groups in total. The molecule has 0 unspecified atom stereocenters. The summed E-state index contributed by atoms with van der Waals surface area (Å²) in [5.74, 6) is 1.40. The van der Waals surface area contributed by atoms with Gasteiger partial charge in [0.05, 0.1) is 12.5 Å². The molecule has 0 spiro atoms. The van der Waals surface area contributed by atoms with Crippen molar-refractivity contribution in [2.45, 2.75) is 65.9 Å². The lowest BCUT2D eigenvalue weighted by Crippen LogP contribution is -2.44. The fraction of sp³-hybridized carbons (Fsp3) is 0.895. The summed E-state index contributed by atoms with van der Waals surface area (Å²) in [6, 6.07) is 0. The van der Waals surface area contributed by atoms with Crippen LogP contribution >= 0.6 is 0 Å². The summed E-state index contributed by atoms with van der Waals surface area (Å²) in [4.78, 5) is 26.1. The molecular formula is C19H33NO4. The maximum absolute atomic E-state index is 12.5. The fourth-order valence-corrected chi connectivity index (χ4v) is 4.01. The van der Waals surface area contributed by atoms with Gasteiger partial charge >= 0.3 is 12.1 Å². The molecule has 0 radical (unpaired) electrons. The molecule has 3 atom stereocenters. The van der Waals surface area contributed by atoms with Gasteiger partial charge in [-0.05, 0) is 50.4 Å². The first-order chi connectivity index (χ1) is 11.4. The van der Waals surface area contributed by atoms with Crippen molar-refractivity contribution in [3.8, 4) is 0 Å². The van der Waals surface area contributed by atoms with Crippen LogP contribution in [0.3, 0.4) is 0 Å². The van der Waals surface area contributed by atoms with Crippen molar-refractivity contribution in [2.24, 2.45) is 23.7 Å². The highest BCUT2D eigenvalue weighted by Gasteiger charge is 2.35. The quantitative estimate of drug-likeness (QED) is 0.730. The minimum absolute atomic E-state index is 0.0315. The van der Waals surface area contributed by atoms with Gasteiger partial charge in [-0.1, -0.05) is 27.2 Å². The van der Waals surface area contributed by atoms with E-state index in [1.54, 1.807) is 4.90 Å². The summed E-state index contributed by atoms with van der Waals surface area (Å²) in [5, 5.41) is 0. The Morgan fingerprint density at radius 2 is 1.79 bits per heavy atom. The van der Waals surface area contributed by atoms with Crippen LogP contribution in [0.4, 0.5) is 4.79 Å². The molecule has 1 heterocycles. The van der Waals surface area contributed by atoms with E-state index in [0.29, 0.717) is 50.3 Å². The molecule has 24 heavy (non-hydrogen) atoms. The maximum Gasteiger partial charge on any atom is 0.410 e. The first kappa shape index (κ1) is 19.1. The highest BCUT2D eigenvalue weighted by Crippen LogP contribution is 2.35. The number of likely N-dealkylation sites (tertiary alicyclic amines) is 1. The van der Waals surface area contributed by atoms with Crippen LogP contribution in [-0.4, -0.2) is 42.8 Å². The minimum Gasteiger partial charge on any atom is -0.466 e. The molecule has 2 rings (SSSR count). The Morgan fingerprint density at radius 3 is 2.38 bits per heavy atom. The van der Waals surface area contributed by atoms with E-state index in [-0.39, 0.29) is 24.1 Å². The lowest BCUT2D eigenvalue weighted by Gasteiger charge is -2.38. The third-order valence-electron chi connectivity index (χ3n) is 5.59. The standard InChI is InChI=1S/C19H33NO4/c1-5-23-18(21)15-8-10-20(11-9-15)19(22)24-17-12-14(4)6-7-16(17)13(2)3/h13-17H,5-12H2,1-4H3/t14-,16+,17-/m0/s1. The number of hydrogen-bond donors (Lipinski definition) is 0. The van der Waals surface area contributed by atoms with Crippen molar-refractivity contribution in [1.29, 1.82) is 0 Å². The van der Waals surface area contributed by atoms with Crippen LogP contribution in [0.15, 0.2) is 0 Å². The van der Waals surface area contributed by atoms with Crippen molar-refractivity contribution in [1.82, 2.24) is 4.90 Å². The van der Waals surface area contributed by atoms with Gasteiger partial charge in [0.1, 0.15) is 6.10 Å². The molecule has 0 aromatic rings. The van der Waals surface area contributed by atoms with Crippen LogP contribution in [0.1, 0.15) is 59.8 Å². The lowest BCUT2D eigenvalue weighted by molar-refractivity contribution is -0.149. The van der Waals surface area contributed by atoms with Gasteiger partial charge in [-0.25, -0.2) is 4.79 Å². The van der Waals surface area contributed by atoms with Gasteiger partial charge in [0.2, 0.25) is 0 Å². The van der Waals surface area contributed by atoms with Crippen molar-refractivity contribution in [2.75, 3.05) is 19.7 Å². The van der Waals surface area contributed by atoms with E-state index in [9.17, 15) is 9.59 Å². The Hall–Kier alpha value is -1.26. The number of nitrogens with zero attached hydrogens (tertiary/aromatic N) is 1. The van der Waals surface area contributed by atoms with Crippen LogP contribution in [0.2, 0.25) is 0 Å². The number of carbonyl (C=O) groups is 2. The second kappa shape index (κ2) is 8.72. The SMILES string of the molecule is CCOC(=O)C1CCN(C(=O)O[C@H]2C[C@@H](C)CC[C@@H]2C(C)C)CC1. The molecule has 5 nitrogen and oxygen atoms in total. The fourth-order valence-electron chi connectivity index (χ4n) is 4.01. The average molecular weight is 339 g/mol. The van der Waals surface area contributed by atoms with E-state index in [1.165, 1.54) is 6.42 Å². The second-order valence-corrected chi connectivity index (χ2v) is 7.76. The molecule has 1 saturated heterocycles. The molecule has 1 saturated carbocycles. The normalized spacial score (nSPS) is 28.7. The highest BCUT2D eigenvalue weighted by atomic mass is 16.6. The predicted molar refractivity (Wildman–Crippen MR) is 92.5 cm³/mol. The molecule has 0 bridgehead atoms. The third-order valence-corrected chi connectivity index (χ3v) is 5.59. The molecule has 2 fully saturated rings. The first-order valence-corrected chi connectivity index (χ1v) is 9.54. The minimum atomic E-state index is -0.206. The molecule has 2 aliphatic rings. The molecule has 5 heteroatoms. The maximum atomic E-state index is 12.5. The average Bonchev–Trinajstić information content (AvgIpc) is 2.55. The zero-order valence-electron chi connectivity index (χ0n) is 15.6. The number of rotatable bonds is 4. The van der Waals surface area contributed by atoms with Crippen molar-refractivity contribution in [3.63, 3.8) is 0 Å². The summed E-state index contributed by atoms with van der Waals surface area (Å²) in [7, 11) is 0. The van der Waals surface area contributed by atoms with Crippen LogP contribution in [0, 0.1) is 23.7 Å². The molecular weight excluding hydrogens is 306 g/mol. The van der Waals surface area contributed by atoms with E-state index < -0.39 is 0 Å². The molecule has 0 aromatic carbocycles. The number of carbonyl (C=O) groups excluding carboxylic acids is 2. The van der Waals surface area contributed by atoms with E-state index in [1.807, 2.05) is 6.92 Å². The number of hydrogen-bond acceptors (Lipinski definition) is 4. The number of amides is 1. The summed E-state index contributed by atoms with van der Waals surface area (Å²) in [6.07, 6.45) is 4.49. The van der Waals surface area contributed by atoms with Gasteiger partial charge in [0.15, 0.2) is 0 Å². The Bertz CT molecular complexity index is 429. The molecule has 1 aliphatic heterocycles. The Kier molecular flexibility index (Phi) is 6.93. The molecule has 1 amide bonds. The summed E-state index contributed by atoms with van der Waals surface area (Å²) in [6.45, 7) is 10.1. The lowest BCUT2D eigenvalue weighted by atomic mass is 9.75. The summed E-state index contributed by atoms with van der Waals surface area (Å²) >= 11 is 0. The van der Waals surface area contributed by atoms with E-state index in [0.717, 1.165) is 12.8 Å². The van der Waals surface area contributed by atoms with Gasteiger partial charge in [0.25, 0.3) is 0 Å². The Balaban J connectivity index is 1.85. The molecule has 138 valence electrons. The molecule has 0 aromatic heterocycles. The van der Waals surface area contributed by atoms with Crippen LogP contribution in [-0.2, 0) is 14.3 Å². The second-order valence-electron chi connectivity index (χ2n) is 7.76. The topological polar surface area (TPSA) is 55.8 Å². The van der Waals surface area contributed by atoms with Crippen molar-refractivity contribution < 1.29 is 19.1 Å². The number of ether oxygens (including phenoxy) is 2. The van der Waals surface area contributed by atoms with Crippen molar-refractivity contribution in [3.05, 3.63) is 0 Å². The zero-order valence-corrected chi connectivity index (χ0v) is 15.6. The van der Waals surface area contributed by atoms with Crippen LogP contribution < -0.4 is 0 Å². The predicted octanol–water partition coefficient (Wildman–Crippen LogP) is 3.86. The molecule has 1 aliphatic carbocycles. The van der Waals surface area contributed by atoms with Crippen LogP contribution in [0.25, 0.3) is 0 Å². The van der Waals surface area contributed by atoms with Gasteiger partial charge < -0.3 is 14.4 Å². The zero-order chi connectivity index (χ0) is 17.7. The van der Waals surface area contributed by atoms with E-state index in [2.05, 4.69) is 20.8 Å². The van der Waals surface area contributed by atoms with E-state index in [4.69, 9.17) is 9.47 Å². The van der Waals surface area contributed by atoms with Gasteiger partial charge in [-0.3, -0.25) is 4.79 Å². The van der Waals surface area contributed by atoms with Gasteiger partial charge in [-0.15, -0.1) is 0 Å². The Morgan fingerprint density at radius 1 is 1.12 bits per heavy atom. The number of esters is 1. The van der Waals surface area contributed by atoms with Crippen molar-refractivity contribution >= 4 is 12.1 Å². The van der Waals surface area contributed by atoms with Gasteiger partial charge in [0, 0.05) is 13.1 Å². The largest absolute Gasteiger partial charge is 0.466 e.